The van der Waals surface area contributed by atoms with Crippen molar-refractivity contribution in [2.75, 3.05) is 18.4 Å². The maximum absolute atomic E-state index is 13.8. The number of hydrogen-bond acceptors (Lipinski definition) is 6. The van der Waals surface area contributed by atoms with Crippen LogP contribution < -0.4 is 5.32 Å². The second kappa shape index (κ2) is 8.86. The van der Waals surface area contributed by atoms with Gasteiger partial charge in [0.25, 0.3) is 11.9 Å². The van der Waals surface area contributed by atoms with Crippen LogP contribution in [-0.4, -0.2) is 49.9 Å². The lowest BCUT2D eigenvalue weighted by molar-refractivity contribution is 0.0539. The Balaban J connectivity index is 1.41. The molecule has 1 amide bonds. The second-order valence-electron chi connectivity index (χ2n) is 8.49. The second-order valence-corrected chi connectivity index (χ2v) is 8.92. The van der Waals surface area contributed by atoms with Gasteiger partial charge in [-0.05, 0) is 49.4 Å². The number of piperidine rings is 1. The van der Waals surface area contributed by atoms with E-state index in [1.165, 1.54) is 4.80 Å². The highest BCUT2D eigenvalue weighted by molar-refractivity contribution is 6.31. The van der Waals surface area contributed by atoms with Gasteiger partial charge in [0.15, 0.2) is 5.58 Å². The van der Waals surface area contributed by atoms with E-state index >= 15 is 0 Å². The van der Waals surface area contributed by atoms with Crippen molar-refractivity contribution in [3.05, 3.63) is 64.9 Å². The number of aromatic nitrogens is 4. The van der Waals surface area contributed by atoms with Crippen LogP contribution in [0, 0.1) is 12.8 Å². The number of hydrogen-bond donors (Lipinski definition) is 1. The molecule has 4 aromatic rings. The fourth-order valence-electron chi connectivity index (χ4n) is 4.56. The van der Waals surface area contributed by atoms with Crippen LogP contribution in [0.5, 0.6) is 0 Å². The van der Waals surface area contributed by atoms with E-state index < -0.39 is 0 Å². The number of halogens is 1. The minimum Gasteiger partial charge on any atom is -0.424 e. The van der Waals surface area contributed by atoms with Gasteiger partial charge in [0, 0.05) is 24.2 Å². The summed E-state index contributed by atoms with van der Waals surface area (Å²) in [4.78, 5) is 21.8. The Hall–Kier alpha value is -3.39. The monoisotopic (exact) mass is 464 g/mol. The summed E-state index contributed by atoms with van der Waals surface area (Å²) in [6.07, 6.45) is 5.25. The number of anilines is 1. The maximum Gasteiger partial charge on any atom is 0.295 e. The van der Waals surface area contributed by atoms with Crippen molar-refractivity contribution < 1.29 is 9.21 Å². The molecule has 0 bridgehead atoms. The molecule has 8 nitrogen and oxygen atoms in total. The minimum atomic E-state index is -0.0197. The third kappa shape index (κ3) is 4.18. The maximum atomic E-state index is 13.8. The first-order valence-corrected chi connectivity index (χ1v) is 11.5. The number of para-hydroxylation sites is 1. The molecule has 1 aliphatic rings. The Labute approximate surface area is 196 Å². The van der Waals surface area contributed by atoms with Crippen LogP contribution in [0.4, 0.5) is 6.01 Å². The molecule has 170 valence electrons. The molecule has 1 N–H and O–H groups in total. The quantitative estimate of drug-likeness (QED) is 0.459. The van der Waals surface area contributed by atoms with Crippen molar-refractivity contribution in [1.29, 1.82) is 0 Å². The highest BCUT2D eigenvalue weighted by atomic mass is 35.5. The van der Waals surface area contributed by atoms with Crippen molar-refractivity contribution in [3.8, 4) is 5.69 Å². The largest absolute Gasteiger partial charge is 0.424 e. The number of carbonyl (C=O) groups is 1. The van der Waals surface area contributed by atoms with Crippen LogP contribution in [0.3, 0.4) is 0 Å². The van der Waals surface area contributed by atoms with E-state index in [9.17, 15) is 4.79 Å². The number of oxazole rings is 1. The Morgan fingerprint density at radius 3 is 2.88 bits per heavy atom. The zero-order valence-electron chi connectivity index (χ0n) is 18.5. The molecule has 0 aliphatic carbocycles. The van der Waals surface area contributed by atoms with Gasteiger partial charge in [0.2, 0.25) is 0 Å². The number of rotatable bonds is 5. The van der Waals surface area contributed by atoms with Gasteiger partial charge < -0.3 is 14.6 Å². The van der Waals surface area contributed by atoms with Gasteiger partial charge in [0.05, 0.1) is 24.0 Å². The van der Waals surface area contributed by atoms with Crippen molar-refractivity contribution >= 4 is 34.6 Å². The fraction of sp³-hybridized carbons (Fsp3) is 0.333. The lowest BCUT2D eigenvalue weighted by atomic mass is 9.90. The topological polar surface area (TPSA) is 89.1 Å². The van der Waals surface area contributed by atoms with Gasteiger partial charge in [0.1, 0.15) is 11.2 Å². The van der Waals surface area contributed by atoms with E-state index in [1.807, 2.05) is 36.1 Å². The number of aryl methyl sites for hydroxylation is 1. The lowest BCUT2D eigenvalue weighted by Gasteiger charge is -2.40. The van der Waals surface area contributed by atoms with Gasteiger partial charge in [-0.15, -0.1) is 0 Å². The predicted molar refractivity (Wildman–Crippen MR) is 127 cm³/mol. The van der Waals surface area contributed by atoms with Gasteiger partial charge in [-0.25, -0.2) is 0 Å². The number of benzene rings is 2. The van der Waals surface area contributed by atoms with Gasteiger partial charge >= 0.3 is 0 Å². The molecule has 0 radical (unpaired) electrons. The molecule has 2 aromatic heterocycles. The van der Waals surface area contributed by atoms with Crippen LogP contribution >= 0.6 is 11.6 Å². The minimum absolute atomic E-state index is 0.0104. The van der Waals surface area contributed by atoms with E-state index in [0.717, 1.165) is 23.9 Å². The molecule has 9 heteroatoms. The van der Waals surface area contributed by atoms with Gasteiger partial charge in [-0.2, -0.15) is 20.0 Å². The third-order valence-electron chi connectivity index (χ3n) is 6.28. The van der Waals surface area contributed by atoms with Crippen LogP contribution in [-0.2, 0) is 0 Å². The predicted octanol–water partition coefficient (Wildman–Crippen LogP) is 4.72. The Morgan fingerprint density at radius 2 is 2.06 bits per heavy atom. The highest BCUT2D eigenvalue weighted by Crippen LogP contribution is 2.29. The zero-order chi connectivity index (χ0) is 22.9. The Morgan fingerprint density at radius 1 is 1.24 bits per heavy atom. The number of nitrogens with one attached hydrogen (secondary N) is 1. The van der Waals surface area contributed by atoms with Crippen molar-refractivity contribution in [2.24, 2.45) is 5.92 Å². The summed E-state index contributed by atoms with van der Waals surface area (Å²) in [6.45, 7) is 5.38. The molecule has 0 saturated carbocycles. The molecule has 1 fully saturated rings. The molecule has 2 aromatic carbocycles. The number of nitrogens with zero attached hydrogens (tertiary/aromatic N) is 5. The fourth-order valence-corrected chi connectivity index (χ4v) is 4.72. The average Bonchev–Trinajstić information content (AvgIpc) is 3.47. The summed E-state index contributed by atoms with van der Waals surface area (Å²) in [5.74, 6) is 0.304. The summed E-state index contributed by atoms with van der Waals surface area (Å²) < 4.78 is 5.81. The first-order valence-electron chi connectivity index (χ1n) is 11.1. The molecule has 33 heavy (non-hydrogen) atoms. The summed E-state index contributed by atoms with van der Waals surface area (Å²) in [5.41, 5.74) is 3.63. The van der Waals surface area contributed by atoms with E-state index in [-0.39, 0.29) is 11.9 Å². The molecular formula is C24H25ClN6O2. The Kier molecular flexibility index (Phi) is 5.76. The lowest BCUT2D eigenvalue weighted by Crippen LogP contribution is -2.51. The molecule has 3 heterocycles. The van der Waals surface area contributed by atoms with Crippen molar-refractivity contribution in [2.45, 2.75) is 32.7 Å². The van der Waals surface area contributed by atoms with E-state index in [4.69, 9.17) is 16.0 Å². The van der Waals surface area contributed by atoms with Gasteiger partial charge in [-0.1, -0.05) is 30.7 Å². The number of carbonyl (C=O) groups excluding carboxylic acids is 1. The third-order valence-corrected chi connectivity index (χ3v) is 6.51. The smallest absolute Gasteiger partial charge is 0.295 e. The molecule has 0 spiro atoms. The standard InChI is InChI=1S/C24H25ClN6O2/c1-15-6-4-12-30(20(15)14-26-24-29-19-9-8-17(25)13-21(19)33-24)23(32)18-7-3-5-16(2)22(18)31-27-10-11-28-31/h3,5,7-11,13,15,20H,4,6,12,14H2,1-2H3,(H,26,29)/t15-,20-/m1/s1. The molecule has 0 unspecified atom stereocenters. The molecular weight excluding hydrogens is 440 g/mol. The zero-order valence-corrected chi connectivity index (χ0v) is 19.3. The molecule has 5 rings (SSSR count). The van der Waals surface area contributed by atoms with E-state index in [2.05, 4.69) is 27.4 Å². The average molecular weight is 465 g/mol. The highest BCUT2D eigenvalue weighted by Gasteiger charge is 2.34. The first kappa shape index (κ1) is 21.5. The van der Waals surface area contributed by atoms with Crippen LogP contribution in [0.2, 0.25) is 5.02 Å². The van der Waals surface area contributed by atoms with E-state index in [1.54, 1.807) is 24.5 Å². The normalized spacial score (nSPS) is 18.6. The van der Waals surface area contributed by atoms with Crippen LogP contribution in [0.15, 0.2) is 53.2 Å². The van der Waals surface area contributed by atoms with Crippen molar-refractivity contribution in [3.63, 3.8) is 0 Å². The Bertz CT molecular complexity index is 1290. The van der Waals surface area contributed by atoms with E-state index in [0.29, 0.717) is 46.9 Å². The summed E-state index contributed by atoms with van der Waals surface area (Å²) >= 11 is 6.06. The van der Waals surface area contributed by atoms with Crippen LogP contribution in [0.1, 0.15) is 35.7 Å². The number of amides is 1. The number of fused-ring (bicyclic) bond motifs is 1. The number of likely N-dealkylation sites (tertiary alicyclic amines) is 1. The first-order chi connectivity index (χ1) is 16.0. The van der Waals surface area contributed by atoms with Gasteiger partial charge in [-0.3, -0.25) is 4.79 Å². The molecule has 1 saturated heterocycles. The summed E-state index contributed by atoms with van der Waals surface area (Å²) in [7, 11) is 0. The SMILES string of the molecule is Cc1cccc(C(=O)N2CCC[C@@H](C)[C@H]2CNc2nc3ccc(Cl)cc3o2)c1-n1nccn1. The van der Waals surface area contributed by atoms with Crippen LogP contribution in [0.25, 0.3) is 16.8 Å². The summed E-state index contributed by atoms with van der Waals surface area (Å²) in [5, 5.41) is 12.4. The molecule has 1 aliphatic heterocycles. The molecule has 2 atom stereocenters. The summed E-state index contributed by atoms with van der Waals surface area (Å²) in [6, 6.07) is 11.5. The van der Waals surface area contributed by atoms with Crippen molar-refractivity contribution in [1.82, 2.24) is 24.9 Å².